The van der Waals surface area contributed by atoms with Gasteiger partial charge < -0.3 is 15.0 Å². The van der Waals surface area contributed by atoms with Crippen LogP contribution in [0.15, 0.2) is 29.2 Å². The Bertz CT molecular complexity index is 707. The van der Waals surface area contributed by atoms with Gasteiger partial charge in [-0.1, -0.05) is 19.9 Å². The third kappa shape index (κ3) is 3.44. The van der Waals surface area contributed by atoms with Crippen LogP contribution in [0.2, 0.25) is 0 Å². The Morgan fingerprint density at radius 3 is 2.64 bits per heavy atom. The summed E-state index contributed by atoms with van der Waals surface area (Å²) in [7, 11) is 0. The molecule has 0 aliphatic rings. The molecule has 0 aliphatic carbocycles. The zero-order valence-corrected chi connectivity index (χ0v) is 13.7. The van der Waals surface area contributed by atoms with Gasteiger partial charge in [0.25, 0.3) is 0 Å². The van der Waals surface area contributed by atoms with Crippen molar-refractivity contribution < 1.29 is 14.7 Å². The van der Waals surface area contributed by atoms with E-state index in [2.05, 4.69) is 5.32 Å². The van der Waals surface area contributed by atoms with E-state index in [1.165, 1.54) is 0 Å². The van der Waals surface area contributed by atoms with Crippen LogP contribution in [0, 0.1) is 5.92 Å². The Labute approximate surface area is 133 Å². The van der Waals surface area contributed by atoms with Crippen molar-refractivity contribution in [3.05, 3.63) is 30.0 Å². The van der Waals surface area contributed by atoms with E-state index in [1.807, 2.05) is 48.9 Å². The SMILES string of the molecule is CSc1ccc2cc(C(=O)C(C)C)n(CCNC(=O)O)c2c1. The van der Waals surface area contributed by atoms with Crippen molar-refractivity contribution >= 4 is 34.5 Å². The first-order valence-electron chi connectivity index (χ1n) is 7.12. The molecule has 118 valence electrons. The van der Waals surface area contributed by atoms with Gasteiger partial charge >= 0.3 is 6.09 Å². The van der Waals surface area contributed by atoms with Crippen molar-refractivity contribution in [3.8, 4) is 0 Å². The monoisotopic (exact) mass is 320 g/mol. The molecule has 2 N–H and O–H groups in total. The summed E-state index contributed by atoms with van der Waals surface area (Å²) in [6.45, 7) is 4.43. The van der Waals surface area contributed by atoms with Crippen molar-refractivity contribution in [2.45, 2.75) is 25.3 Å². The van der Waals surface area contributed by atoms with Crippen molar-refractivity contribution in [2.75, 3.05) is 12.8 Å². The second kappa shape index (κ2) is 6.87. The van der Waals surface area contributed by atoms with Gasteiger partial charge in [-0.3, -0.25) is 4.79 Å². The molecule has 0 bridgehead atoms. The molecule has 5 nitrogen and oxygen atoms in total. The number of carbonyl (C=O) groups excluding carboxylic acids is 1. The molecule has 1 amide bonds. The fourth-order valence-electron chi connectivity index (χ4n) is 2.38. The molecule has 0 unspecified atom stereocenters. The maximum Gasteiger partial charge on any atom is 0.404 e. The van der Waals surface area contributed by atoms with Gasteiger partial charge in [-0.15, -0.1) is 11.8 Å². The molecule has 6 heteroatoms. The van der Waals surface area contributed by atoms with Gasteiger partial charge in [0, 0.05) is 34.8 Å². The number of aromatic nitrogens is 1. The fourth-order valence-corrected chi connectivity index (χ4v) is 2.81. The summed E-state index contributed by atoms with van der Waals surface area (Å²) in [4.78, 5) is 24.2. The highest BCUT2D eigenvalue weighted by Crippen LogP contribution is 2.26. The molecule has 2 aromatic rings. The Kier molecular flexibility index (Phi) is 5.13. The minimum absolute atomic E-state index is 0.0669. The number of hydrogen-bond donors (Lipinski definition) is 2. The maximum absolute atomic E-state index is 12.4. The second-order valence-electron chi connectivity index (χ2n) is 5.36. The number of nitrogens with one attached hydrogen (secondary N) is 1. The fraction of sp³-hybridized carbons (Fsp3) is 0.375. The number of Topliss-reactive ketones (excluding diaryl/α,β-unsaturated/α-hetero) is 1. The van der Waals surface area contributed by atoms with Gasteiger partial charge in [-0.05, 0) is 24.5 Å². The molecule has 1 aromatic carbocycles. The highest BCUT2D eigenvalue weighted by atomic mass is 32.2. The lowest BCUT2D eigenvalue weighted by atomic mass is 10.1. The van der Waals surface area contributed by atoms with E-state index < -0.39 is 6.09 Å². The van der Waals surface area contributed by atoms with E-state index in [4.69, 9.17) is 5.11 Å². The van der Waals surface area contributed by atoms with Gasteiger partial charge in [0.15, 0.2) is 5.78 Å². The lowest BCUT2D eigenvalue weighted by molar-refractivity contribution is 0.0930. The van der Waals surface area contributed by atoms with Gasteiger partial charge in [-0.25, -0.2) is 4.79 Å². The number of hydrogen-bond acceptors (Lipinski definition) is 3. The molecule has 22 heavy (non-hydrogen) atoms. The summed E-state index contributed by atoms with van der Waals surface area (Å²) >= 11 is 1.64. The predicted octanol–water partition coefficient (Wildman–Crippen LogP) is 3.47. The van der Waals surface area contributed by atoms with Crippen LogP contribution in [-0.2, 0) is 6.54 Å². The summed E-state index contributed by atoms with van der Waals surface area (Å²) in [5.41, 5.74) is 1.60. The molecule has 2 rings (SSSR count). The van der Waals surface area contributed by atoms with Crippen LogP contribution in [0.4, 0.5) is 4.79 Å². The molecule has 0 atom stereocenters. The van der Waals surface area contributed by atoms with Gasteiger partial charge in [-0.2, -0.15) is 0 Å². The predicted molar refractivity (Wildman–Crippen MR) is 88.9 cm³/mol. The summed E-state index contributed by atoms with van der Waals surface area (Å²) in [6.07, 6.45) is 0.943. The topological polar surface area (TPSA) is 71.3 Å². The van der Waals surface area contributed by atoms with Crippen LogP contribution in [0.5, 0.6) is 0 Å². The number of carbonyl (C=O) groups is 2. The number of carboxylic acid groups (broad SMARTS) is 1. The number of rotatable bonds is 6. The van der Waals surface area contributed by atoms with Crippen LogP contribution in [-0.4, -0.2) is 34.4 Å². The summed E-state index contributed by atoms with van der Waals surface area (Å²) in [6, 6.07) is 7.95. The highest BCUT2D eigenvalue weighted by Gasteiger charge is 2.18. The molecule has 0 saturated carbocycles. The Hall–Kier alpha value is -1.95. The first-order valence-corrected chi connectivity index (χ1v) is 8.34. The highest BCUT2D eigenvalue weighted by molar-refractivity contribution is 7.98. The quantitative estimate of drug-likeness (QED) is 0.631. The first kappa shape index (κ1) is 16.4. The van der Waals surface area contributed by atoms with E-state index in [0.717, 1.165) is 15.8 Å². The van der Waals surface area contributed by atoms with Crippen LogP contribution >= 0.6 is 11.8 Å². The maximum atomic E-state index is 12.4. The van der Waals surface area contributed by atoms with Crippen molar-refractivity contribution in [1.29, 1.82) is 0 Å². The van der Waals surface area contributed by atoms with Crippen molar-refractivity contribution in [2.24, 2.45) is 5.92 Å². The Morgan fingerprint density at radius 1 is 1.32 bits per heavy atom. The third-order valence-corrected chi connectivity index (χ3v) is 4.23. The average Bonchev–Trinajstić information content (AvgIpc) is 2.83. The first-order chi connectivity index (χ1) is 10.4. The number of ketones is 1. The van der Waals surface area contributed by atoms with Crippen LogP contribution < -0.4 is 5.32 Å². The van der Waals surface area contributed by atoms with Gasteiger partial charge in [0.05, 0.1) is 5.69 Å². The number of thioether (sulfide) groups is 1. The van der Waals surface area contributed by atoms with Crippen molar-refractivity contribution in [3.63, 3.8) is 0 Å². The smallest absolute Gasteiger partial charge is 0.404 e. The second-order valence-corrected chi connectivity index (χ2v) is 6.24. The third-order valence-electron chi connectivity index (χ3n) is 3.50. The molecule has 0 aliphatic heterocycles. The zero-order valence-electron chi connectivity index (χ0n) is 12.9. The minimum Gasteiger partial charge on any atom is -0.465 e. The molecule has 0 saturated heterocycles. The van der Waals surface area contributed by atoms with Gasteiger partial charge in [0.2, 0.25) is 0 Å². The summed E-state index contributed by atoms with van der Waals surface area (Å²) in [5.74, 6) is -0.0345. The van der Waals surface area contributed by atoms with E-state index >= 15 is 0 Å². The molecular weight excluding hydrogens is 300 g/mol. The number of amides is 1. The molecule has 1 heterocycles. The average molecular weight is 320 g/mol. The van der Waals surface area contributed by atoms with E-state index in [-0.39, 0.29) is 18.2 Å². The number of fused-ring (bicyclic) bond motifs is 1. The van der Waals surface area contributed by atoms with Crippen molar-refractivity contribution in [1.82, 2.24) is 9.88 Å². The largest absolute Gasteiger partial charge is 0.465 e. The normalized spacial score (nSPS) is 11.1. The minimum atomic E-state index is -1.06. The molecular formula is C16H20N2O3S. The summed E-state index contributed by atoms with van der Waals surface area (Å²) < 4.78 is 1.91. The molecule has 1 aromatic heterocycles. The standard InChI is InChI=1S/C16H20N2O3S/c1-10(2)15(19)14-8-11-4-5-12(22-3)9-13(11)18(14)7-6-17-16(20)21/h4-5,8-10,17H,6-7H2,1-3H3,(H,20,21). The lowest BCUT2D eigenvalue weighted by Gasteiger charge is -2.12. The van der Waals surface area contributed by atoms with Gasteiger partial charge in [0.1, 0.15) is 0 Å². The van der Waals surface area contributed by atoms with Crippen LogP contribution in [0.1, 0.15) is 24.3 Å². The lowest BCUT2D eigenvalue weighted by Crippen LogP contribution is -2.26. The zero-order chi connectivity index (χ0) is 16.3. The number of nitrogens with zero attached hydrogens (tertiary/aromatic N) is 1. The Balaban J connectivity index is 2.47. The van der Waals surface area contributed by atoms with Crippen LogP contribution in [0.3, 0.4) is 0 Å². The van der Waals surface area contributed by atoms with Crippen LogP contribution in [0.25, 0.3) is 10.9 Å². The molecule has 0 spiro atoms. The Morgan fingerprint density at radius 2 is 2.05 bits per heavy atom. The molecule has 0 fully saturated rings. The van der Waals surface area contributed by atoms with E-state index in [0.29, 0.717) is 12.2 Å². The van der Waals surface area contributed by atoms with E-state index in [1.54, 1.807) is 11.8 Å². The molecule has 0 radical (unpaired) electrons. The van der Waals surface area contributed by atoms with E-state index in [9.17, 15) is 9.59 Å². The summed E-state index contributed by atoms with van der Waals surface area (Å²) in [5, 5.41) is 12.1. The number of benzene rings is 1.